The molecule has 4 heteroatoms. The maximum Gasteiger partial charge on any atom is 0.308 e. The first-order chi connectivity index (χ1) is 11.4. The van der Waals surface area contributed by atoms with Gasteiger partial charge in [0.1, 0.15) is 11.8 Å². The highest BCUT2D eigenvalue weighted by atomic mass is 16.6. The fourth-order valence-electron chi connectivity index (χ4n) is 3.44. The van der Waals surface area contributed by atoms with Crippen molar-refractivity contribution in [3.63, 3.8) is 0 Å². The van der Waals surface area contributed by atoms with Gasteiger partial charge in [0.15, 0.2) is 0 Å². The van der Waals surface area contributed by atoms with Gasteiger partial charge < -0.3 is 9.47 Å². The monoisotopic (exact) mass is 321 g/mol. The Hall–Kier alpha value is -2.80. The van der Waals surface area contributed by atoms with E-state index in [4.69, 9.17) is 9.47 Å². The molecular formula is C20H19NO3. The van der Waals surface area contributed by atoms with E-state index in [1.54, 1.807) is 31.4 Å². The van der Waals surface area contributed by atoms with E-state index in [0.717, 1.165) is 11.1 Å². The van der Waals surface area contributed by atoms with Gasteiger partial charge in [0.05, 0.1) is 18.9 Å². The third-order valence-electron chi connectivity index (χ3n) is 4.85. The van der Waals surface area contributed by atoms with Gasteiger partial charge in [-0.25, -0.2) is 0 Å². The van der Waals surface area contributed by atoms with Gasteiger partial charge in [-0.1, -0.05) is 42.0 Å². The van der Waals surface area contributed by atoms with Crippen LogP contribution in [0, 0.1) is 18.3 Å². The van der Waals surface area contributed by atoms with Crippen LogP contribution in [0.3, 0.4) is 0 Å². The normalized spacial score (nSPS) is 25.8. The zero-order valence-electron chi connectivity index (χ0n) is 14.0. The molecule has 0 amide bonds. The second-order valence-electron chi connectivity index (χ2n) is 6.37. The Morgan fingerprint density at radius 3 is 2.46 bits per heavy atom. The molecule has 1 aliphatic rings. The molecule has 1 aliphatic heterocycles. The van der Waals surface area contributed by atoms with Gasteiger partial charge in [-0.2, -0.15) is 5.26 Å². The standard InChI is InChI=1S/C20H19NO3/c1-14-5-4-6-16(11-14)19(2)12-18(22)24-20(19,13-21)15-7-9-17(23-3)10-8-15/h4-11H,12H2,1-3H3. The van der Waals surface area contributed by atoms with E-state index in [1.165, 1.54) is 0 Å². The molecule has 0 aliphatic carbocycles. The number of ether oxygens (including phenoxy) is 2. The molecule has 0 radical (unpaired) electrons. The summed E-state index contributed by atoms with van der Waals surface area (Å²) >= 11 is 0. The first-order valence-corrected chi connectivity index (χ1v) is 7.80. The van der Waals surface area contributed by atoms with Crippen molar-refractivity contribution in [2.24, 2.45) is 0 Å². The fourth-order valence-corrected chi connectivity index (χ4v) is 3.44. The van der Waals surface area contributed by atoms with E-state index in [0.29, 0.717) is 11.3 Å². The van der Waals surface area contributed by atoms with Crippen molar-refractivity contribution in [3.8, 4) is 11.8 Å². The van der Waals surface area contributed by atoms with Crippen LogP contribution in [0.25, 0.3) is 0 Å². The molecule has 122 valence electrons. The molecule has 2 aromatic carbocycles. The van der Waals surface area contributed by atoms with Crippen LogP contribution in [-0.4, -0.2) is 13.1 Å². The summed E-state index contributed by atoms with van der Waals surface area (Å²) in [6.45, 7) is 3.91. The van der Waals surface area contributed by atoms with E-state index in [9.17, 15) is 10.1 Å². The summed E-state index contributed by atoms with van der Waals surface area (Å²) in [5.41, 5.74) is 0.532. The van der Waals surface area contributed by atoms with Crippen molar-refractivity contribution in [2.45, 2.75) is 31.3 Å². The highest BCUT2D eigenvalue weighted by Crippen LogP contribution is 2.52. The van der Waals surface area contributed by atoms with Crippen LogP contribution < -0.4 is 4.74 Å². The lowest BCUT2D eigenvalue weighted by Gasteiger charge is -2.36. The van der Waals surface area contributed by atoms with Gasteiger partial charge in [0, 0.05) is 5.56 Å². The minimum absolute atomic E-state index is 0.163. The van der Waals surface area contributed by atoms with Crippen LogP contribution in [0.1, 0.15) is 30.0 Å². The van der Waals surface area contributed by atoms with Crippen molar-refractivity contribution >= 4 is 5.97 Å². The molecule has 1 heterocycles. The van der Waals surface area contributed by atoms with E-state index in [1.807, 2.05) is 38.1 Å². The Kier molecular flexibility index (Phi) is 3.81. The minimum atomic E-state index is -1.36. The Labute approximate surface area is 141 Å². The van der Waals surface area contributed by atoms with E-state index >= 15 is 0 Å². The van der Waals surface area contributed by atoms with E-state index < -0.39 is 11.0 Å². The molecule has 2 unspecified atom stereocenters. The molecule has 0 N–H and O–H groups in total. The smallest absolute Gasteiger partial charge is 0.308 e. The third-order valence-corrected chi connectivity index (χ3v) is 4.85. The number of cyclic esters (lactones) is 1. The second-order valence-corrected chi connectivity index (χ2v) is 6.37. The molecular weight excluding hydrogens is 302 g/mol. The first-order valence-electron chi connectivity index (χ1n) is 7.80. The topological polar surface area (TPSA) is 59.3 Å². The molecule has 2 aromatic rings. The summed E-state index contributed by atoms with van der Waals surface area (Å²) in [7, 11) is 1.58. The van der Waals surface area contributed by atoms with E-state index in [2.05, 4.69) is 6.07 Å². The number of aryl methyl sites for hydroxylation is 1. The maximum absolute atomic E-state index is 12.2. The summed E-state index contributed by atoms with van der Waals surface area (Å²) in [6, 6.07) is 17.3. The predicted molar refractivity (Wildman–Crippen MR) is 89.5 cm³/mol. The van der Waals surface area contributed by atoms with Crippen molar-refractivity contribution in [1.82, 2.24) is 0 Å². The third kappa shape index (κ3) is 2.25. The fraction of sp³-hybridized carbons (Fsp3) is 0.300. The number of nitrogens with zero attached hydrogens (tertiary/aromatic N) is 1. The van der Waals surface area contributed by atoms with Crippen LogP contribution in [0.15, 0.2) is 48.5 Å². The molecule has 0 bridgehead atoms. The number of rotatable bonds is 3. The Bertz CT molecular complexity index is 822. The van der Waals surface area contributed by atoms with Crippen molar-refractivity contribution < 1.29 is 14.3 Å². The predicted octanol–water partition coefficient (Wildman–Crippen LogP) is 3.63. The lowest BCUT2D eigenvalue weighted by molar-refractivity contribution is -0.146. The largest absolute Gasteiger partial charge is 0.497 e. The molecule has 0 saturated carbocycles. The average molecular weight is 321 g/mol. The number of methoxy groups -OCH3 is 1. The van der Waals surface area contributed by atoms with Crippen molar-refractivity contribution in [1.29, 1.82) is 5.26 Å². The average Bonchev–Trinajstić information content (AvgIpc) is 2.87. The van der Waals surface area contributed by atoms with Gasteiger partial charge in [0.2, 0.25) is 5.60 Å². The first kappa shape index (κ1) is 16.1. The summed E-state index contributed by atoms with van der Waals surface area (Å²) in [6.07, 6.45) is 0.163. The van der Waals surface area contributed by atoms with Crippen LogP contribution in [0.5, 0.6) is 5.75 Å². The zero-order valence-corrected chi connectivity index (χ0v) is 14.0. The Morgan fingerprint density at radius 2 is 1.88 bits per heavy atom. The molecule has 24 heavy (non-hydrogen) atoms. The molecule has 3 rings (SSSR count). The molecule has 4 nitrogen and oxygen atoms in total. The summed E-state index contributed by atoms with van der Waals surface area (Å²) in [4.78, 5) is 12.2. The quantitative estimate of drug-likeness (QED) is 0.810. The minimum Gasteiger partial charge on any atom is -0.497 e. The Morgan fingerprint density at radius 1 is 1.17 bits per heavy atom. The van der Waals surface area contributed by atoms with Crippen molar-refractivity contribution in [2.75, 3.05) is 7.11 Å². The SMILES string of the molecule is COc1ccc(C2(C#N)OC(=O)CC2(C)c2cccc(C)c2)cc1. The van der Waals surface area contributed by atoms with Crippen LogP contribution in [0.2, 0.25) is 0 Å². The Balaban J connectivity index is 2.19. The molecule has 1 saturated heterocycles. The molecule has 0 spiro atoms. The van der Waals surface area contributed by atoms with Gasteiger partial charge >= 0.3 is 5.97 Å². The lowest BCUT2D eigenvalue weighted by Crippen LogP contribution is -2.43. The number of carbonyl (C=O) groups is 1. The van der Waals surface area contributed by atoms with Crippen LogP contribution in [0.4, 0.5) is 0 Å². The summed E-state index contributed by atoms with van der Waals surface area (Å²) in [5.74, 6) is 0.324. The van der Waals surface area contributed by atoms with Crippen LogP contribution >= 0.6 is 0 Å². The molecule has 2 atom stereocenters. The van der Waals surface area contributed by atoms with Crippen LogP contribution in [-0.2, 0) is 20.5 Å². The van der Waals surface area contributed by atoms with Crippen molar-refractivity contribution in [3.05, 3.63) is 65.2 Å². The van der Waals surface area contributed by atoms with Gasteiger partial charge in [0.25, 0.3) is 0 Å². The second kappa shape index (κ2) is 5.68. The van der Waals surface area contributed by atoms with Gasteiger partial charge in [-0.15, -0.1) is 0 Å². The van der Waals surface area contributed by atoms with Gasteiger partial charge in [-0.3, -0.25) is 4.79 Å². The number of hydrogen-bond donors (Lipinski definition) is 0. The maximum atomic E-state index is 12.2. The lowest BCUT2D eigenvalue weighted by atomic mass is 9.66. The van der Waals surface area contributed by atoms with Gasteiger partial charge in [-0.05, 0) is 31.5 Å². The zero-order chi connectivity index (χ0) is 17.4. The summed E-state index contributed by atoms with van der Waals surface area (Å²) < 4.78 is 10.8. The highest BCUT2D eigenvalue weighted by Gasteiger charge is 2.60. The number of hydrogen-bond acceptors (Lipinski definition) is 4. The number of carbonyl (C=O) groups excluding carboxylic acids is 1. The number of benzene rings is 2. The molecule has 1 fully saturated rings. The molecule has 0 aromatic heterocycles. The van der Waals surface area contributed by atoms with E-state index in [-0.39, 0.29) is 12.4 Å². The summed E-state index contributed by atoms with van der Waals surface area (Å²) in [5, 5.41) is 10.0. The highest BCUT2D eigenvalue weighted by molar-refractivity contribution is 5.77. The number of esters is 1. The number of nitriles is 1.